The lowest BCUT2D eigenvalue weighted by atomic mass is 9.97. The first-order valence-electron chi connectivity index (χ1n) is 5.93. The van der Waals surface area contributed by atoms with Gasteiger partial charge in [0.1, 0.15) is 6.61 Å². The van der Waals surface area contributed by atoms with Crippen LogP contribution in [0.3, 0.4) is 0 Å². The number of unbranched alkanes of at least 4 members (excludes halogenated alkanes) is 1. The molecule has 0 N–H and O–H groups in total. The van der Waals surface area contributed by atoms with Gasteiger partial charge in [-0.1, -0.05) is 0 Å². The van der Waals surface area contributed by atoms with E-state index >= 15 is 0 Å². The number of nitrogens with zero attached hydrogens (tertiary/aromatic N) is 3. The average Bonchev–Trinajstić information content (AvgIpc) is 2.39. The molecule has 0 saturated carbocycles. The normalized spacial score (nSPS) is 10.6. The van der Waals surface area contributed by atoms with E-state index in [-0.39, 0.29) is 5.92 Å². The second kappa shape index (κ2) is 13.1. The summed E-state index contributed by atoms with van der Waals surface area (Å²) in [6, 6.07) is 0. The molecule has 0 radical (unpaired) electrons. The van der Waals surface area contributed by atoms with Crippen LogP contribution in [0.15, 0.2) is 9.98 Å². The van der Waals surface area contributed by atoms with Gasteiger partial charge in [0.15, 0.2) is 0 Å². The fraction of sp³-hybridized carbons (Fsp3) is 0.750. The summed E-state index contributed by atoms with van der Waals surface area (Å²) in [6.45, 7) is 1.34. The summed E-state index contributed by atoms with van der Waals surface area (Å²) in [6.07, 6.45) is 8.91. The van der Waals surface area contributed by atoms with E-state index in [0.29, 0.717) is 19.7 Å². The molecule has 6 nitrogen and oxygen atoms in total. The quantitative estimate of drug-likeness (QED) is 0.242. The number of isocyanates is 2. The molecule has 0 aromatic rings. The van der Waals surface area contributed by atoms with Gasteiger partial charge in [0.25, 0.3) is 6.26 Å². The first-order chi connectivity index (χ1) is 8.85. The smallest absolute Gasteiger partial charge is 0.286 e. The van der Waals surface area contributed by atoms with Crippen LogP contribution in [0, 0.1) is 17.4 Å². The minimum Gasteiger partial charge on any atom is -0.428 e. The molecule has 0 aromatic carbocycles. The number of aliphatic imine (C=N–C) groups is 2. The summed E-state index contributed by atoms with van der Waals surface area (Å²) in [5, 5.41) is 8.19. The van der Waals surface area contributed by atoms with E-state index in [2.05, 4.69) is 14.7 Å². The van der Waals surface area contributed by atoms with E-state index in [1.54, 1.807) is 6.26 Å². The molecule has 0 aliphatic heterocycles. The van der Waals surface area contributed by atoms with Crippen molar-refractivity contribution in [2.45, 2.75) is 32.1 Å². The van der Waals surface area contributed by atoms with Crippen molar-refractivity contribution >= 4 is 12.2 Å². The van der Waals surface area contributed by atoms with E-state index in [9.17, 15) is 9.59 Å². The Labute approximate surface area is 106 Å². The second-order valence-electron chi connectivity index (χ2n) is 3.85. The van der Waals surface area contributed by atoms with E-state index in [1.807, 2.05) is 0 Å². The monoisotopic (exact) mass is 251 g/mol. The molecule has 0 rings (SSSR count). The van der Waals surface area contributed by atoms with Crippen LogP contribution in [0.25, 0.3) is 0 Å². The fourth-order valence-electron chi connectivity index (χ4n) is 1.65. The SMILES string of the molecule is N#COCCCCC(CCCN=C=O)CN=C=O. The molecule has 0 heterocycles. The van der Waals surface area contributed by atoms with E-state index in [0.717, 1.165) is 32.1 Å². The summed E-state index contributed by atoms with van der Waals surface area (Å²) in [7, 11) is 0. The van der Waals surface area contributed by atoms with Gasteiger partial charge in [-0.05, 0) is 38.0 Å². The van der Waals surface area contributed by atoms with E-state index in [4.69, 9.17) is 5.26 Å². The third-order valence-electron chi connectivity index (χ3n) is 2.53. The van der Waals surface area contributed by atoms with Crippen molar-refractivity contribution < 1.29 is 14.3 Å². The van der Waals surface area contributed by atoms with Gasteiger partial charge in [-0.3, -0.25) is 0 Å². The Bertz CT molecular complexity index is 339. The Kier molecular flexibility index (Phi) is 11.7. The molecule has 98 valence electrons. The van der Waals surface area contributed by atoms with E-state index < -0.39 is 0 Å². The molecule has 0 aliphatic carbocycles. The van der Waals surface area contributed by atoms with Gasteiger partial charge in [-0.15, -0.1) is 0 Å². The molecule has 1 unspecified atom stereocenters. The summed E-state index contributed by atoms with van der Waals surface area (Å²) < 4.78 is 4.57. The Hall–Kier alpha value is -1.95. The zero-order chi connectivity index (χ0) is 13.5. The largest absolute Gasteiger partial charge is 0.428 e. The lowest BCUT2D eigenvalue weighted by Crippen LogP contribution is -2.06. The van der Waals surface area contributed by atoms with Gasteiger partial charge in [0, 0.05) is 0 Å². The average molecular weight is 251 g/mol. The second-order valence-corrected chi connectivity index (χ2v) is 3.85. The standard InChI is InChI=1S/C12H17N3O3/c13-9-18-7-2-1-4-12(8-15-11-17)5-3-6-14-10-16/h12H,1-8H2. The van der Waals surface area contributed by atoms with Crippen LogP contribution >= 0.6 is 0 Å². The minimum absolute atomic E-state index is 0.287. The zero-order valence-corrected chi connectivity index (χ0v) is 10.3. The van der Waals surface area contributed by atoms with Crippen LogP contribution in [-0.4, -0.2) is 31.9 Å². The molecule has 0 aromatic heterocycles. The molecule has 0 spiro atoms. The van der Waals surface area contributed by atoms with Gasteiger partial charge in [-0.25, -0.2) is 19.6 Å². The van der Waals surface area contributed by atoms with Gasteiger partial charge in [0.2, 0.25) is 12.2 Å². The Morgan fingerprint density at radius 3 is 2.44 bits per heavy atom. The van der Waals surface area contributed by atoms with Crippen LogP contribution in [0.5, 0.6) is 0 Å². The van der Waals surface area contributed by atoms with Crippen molar-refractivity contribution in [3.63, 3.8) is 0 Å². The molecule has 0 fully saturated rings. The Morgan fingerprint density at radius 1 is 1.06 bits per heavy atom. The molecule has 18 heavy (non-hydrogen) atoms. The van der Waals surface area contributed by atoms with Gasteiger partial charge in [-0.2, -0.15) is 5.26 Å². The van der Waals surface area contributed by atoms with Crippen LogP contribution in [0.4, 0.5) is 0 Å². The van der Waals surface area contributed by atoms with Crippen molar-refractivity contribution in [3.05, 3.63) is 0 Å². The maximum atomic E-state index is 10.1. The maximum absolute atomic E-state index is 10.1. The Balaban J connectivity index is 3.79. The van der Waals surface area contributed by atoms with Crippen LogP contribution in [0.2, 0.25) is 0 Å². The molecular formula is C12H17N3O3. The molecule has 1 atom stereocenters. The number of ether oxygens (including phenoxy) is 1. The predicted octanol–water partition coefficient (Wildman–Crippen LogP) is 1.72. The zero-order valence-electron chi connectivity index (χ0n) is 10.3. The van der Waals surface area contributed by atoms with Crippen molar-refractivity contribution in [2.24, 2.45) is 15.9 Å². The number of rotatable bonds is 11. The topological polar surface area (TPSA) is 91.9 Å². The number of carbonyl (C=O) groups excluding carboxylic acids is 2. The lowest BCUT2D eigenvalue weighted by Gasteiger charge is -2.12. The van der Waals surface area contributed by atoms with Crippen LogP contribution < -0.4 is 0 Å². The molecule has 0 amide bonds. The maximum Gasteiger partial charge on any atom is 0.286 e. The predicted molar refractivity (Wildman–Crippen MR) is 64.1 cm³/mol. The summed E-state index contributed by atoms with van der Waals surface area (Å²) in [5.41, 5.74) is 0. The molecule has 0 saturated heterocycles. The first kappa shape index (κ1) is 16.1. The molecule has 6 heteroatoms. The summed E-state index contributed by atoms with van der Waals surface area (Å²) in [5.74, 6) is 0.287. The fourth-order valence-corrected chi connectivity index (χ4v) is 1.65. The third-order valence-corrected chi connectivity index (χ3v) is 2.53. The van der Waals surface area contributed by atoms with Gasteiger partial charge < -0.3 is 4.74 Å². The van der Waals surface area contributed by atoms with Gasteiger partial charge in [0.05, 0.1) is 13.1 Å². The van der Waals surface area contributed by atoms with Crippen LogP contribution in [-0.2, 0) is 14.3 Å². The van der Waals surface area contributed by atoms with Crippen molar-refractivity contribution in [3.8, 4) is 6.26 Å². The van der Waals surface area contributed by atoms with Crippen molar-refractivity contribution in [1.29, 1.82) is 5.26 Å². The summed E-state index contributed by atoms with van der Waals surface area (Å²) in [4.78, 5) is 27.0. The highest BCUT2D eigenvalue weighted by Crippen LogP contribution is 2.15. The molecule has 0 bridgehead atoms. The minimum atomic E-state index is 0.287. The number of hydrogen-bond donors (Lipinski definition) is 0. The number of hydrogen-bond acceptors (Lipinski definition) is 6. The van der Waals surface area contributed by atoms with Crippen LogP contribution in [0.1, 0.15) is 32.1 Å². The first-order valence-corrected chi connectivity index (χ1v) is 5.93. The van der Waals surface area contributed by atoms with Crippen molar-refractivity contribution in [1.82, 2.24) is 0 Å². The lowest BCUT2D eigenvalue weighted by molar-refractivity contribution is 0.256. The van der Waals surface area contributed by atoms with Gasteiger partial charge >= 0.3 is 0 Å². The highest BCUT2D eigenvalue weighted by molar-refractivity contribution is 5.33. The highest BCUT2D eigenvalue weighted by atomic mass is 16.5. The highest BCUT2D eigenvalue weighted by Gasteiger charge is 2.07. The molecular weight excluding hydrogens is 234 g/mol. The summed E-state index contributed by atoms with van der Waals surface area (Å²) >= 11 is 0. The third kappa shape index (κ3) is 10.6. The number of nitriles is 1. The molecule has 0 aliphatic rings. The van der Waals surface area contributed by atoms with Crippen molar-refractivity contribution in [2.75, 3.05) is 19.7 Å². The Morgan fingerprint density at radius 2 is 1.78 bits per heavy atom. The van der Waals surface area contributed by atoms with E-state index in [1.165, 1.54) is 12.2 Å².